The molecule has 0 spiro atoms. The van der Waals surface area contributed by atoms with Gasteiger partial charge in [0.1, 0.15) is 10.8 Å². The molecule has 0 unspecified atom stereocenters. The Kier molecular flexibility index (Phi) is 5.64. The van der Waals surface area contributed by atoms with Crippen molar-refractivity contribution in [2.24, 2.45) is 5.92 Å². The zero-order chi connectivity index (χ0) is 14.4. The first kappa shape index (κ1) is 15.1. The Morgan fingerprint density at radius 1 is 1.40 bits per heavy atom. The number of nitrogens with one attached hydrogen (secondary N) is 1. The Labute approximate surface area is 123 Å². The molecule has 0 radical (unpaired) electrons. The van der Waals surface area contributed by atoms with E-state index in [0.717, 1.165) is 16.8 Å². The fourth-order valence-corrected chi connectivity index (χ4v) is 2.97. The van der Waals surface area contributed by atoms with Crippen LogP contribution >= 0.6 is 11.8 Å². The number of carbonyl (C=O) groups excluding carboxylic acids is 1. The van der Waals surface area contributed by atoms with Gasteiger partial charge in [0.2, 0.25) is 0 Å². The summed E-state index contributed by atoms with van der Waals surface area (Å²) in [4.78, 5) is 19.8. The molecule has 1 saturated carbocycles. The van der Waals surface area contributed by atoms with Crippen molar-refractivity contribution in [3.63, 3.8) is 0 Å². The molecule has 0 atom stereocenters. The van der Waals surface area contributed by atoms with E-state index in [-0.39, 0.29) is 11.7 Å². The van der Waals surface area contributed by atoms with Crippen LogP contribution in [0.2, 0.25) is 0 Å². The Balaban J connectivity index is 1.87. The Morgan fingerprint density at radius 2 is 2.15 bits per heavy atom. The Morgan fingerprint density at radius 3 is 2.85 bits per heavy atom. The summed E-state index contributed by atoms with van der Waals surface area (Å²) < 4.78 is 4.61. The molecule has 6 heteroatoms. The SMILES string of the molecule is COC(=O)CSc1cncc(NC2CCC(C)CC2)n1. The summed E-state index contributed by atoms with van der Waals surface area (Å²) in [5, 5.41) is 4.18. The number of thioether (sulfide) groups is 1. The predicted octanol–water partition coefficient (Wildman–Crippen LogP) is 2.73. The van der Waals surface area contributed by atoms with E-state index in [1.807, 2.05) is 0 Å². The minimum Gasteiger partial charge on any atom is -0.468 e. The van der Waals surface area contributed by atoms with Gasteiger partial charge in [0.05, 0.1) is 25.3 Å². The summed E-state index contributed by atoms with van der Waals surface area (Å²) in [6.45, 7) is 2.31. The Hall–Kier alpha value is -1.30. The molecule has 0 saturated heterocycles. The molecule has 1 aromatic rings. The highest BCUT2D eigenvalue weighted by Crippen LogP contribution is 2.26. The van der Waals surface area contributed by atoms with Gasteiger partial charge >= 0.3 is 5.97 Å². The van der Waals surface area contributed by atoms with Crippen molar-refractivity contribution in [1.29, 1.82) is 0 Å². The van der Waals surface area contributed by atoms with E-state index in [2.05, 4.69) is 26.9 Å². The number of carbonyl (C=O) groups is 1. The second kappa shape index (κ2) is 7.47. The maximum atomic E-state index is 11.1. The van der Waals surface area contributed by atoms with Gasteiger partial charge in [0.15, 0.2) is 0 Å². The lowest BCUT2D eigenvalue weighted by molar-refractivity contribution is -0.137. The largest absolute Gasteiger partial charge is 0.468 e. The number of methoxy groups -OCH3 is 1. The van der Waals surface area contributed by atoms with E-state index >= 15 is 0 Å². The summed E-state index contributed by atoms with van der Waals surface area (Å²) in [5.74, 6) is 1.63. The summed E-state index contributed by atoms with van der Waals surface area (Å²) in [5.41, 5.74) is 0. The molecular weight excluding hydrogens is 274 g/mol. The summed E-state index contributed by atoms with van der Waals surface area (Å²) in [7, 11) is 1.39. The second-order valence-corrected chi connectivity index (χ2v) is 6.20. The lowest BCUT2D eigenvalue weighted by atomic mass is 9.87. The van der Waals surface area contributed by atoms with E-state index in [1.165, 1.54) is 44.6 Å². The average Bonchev–Trinajstić information content (AvgIpc) is 2.47. The molecule has 1 aromatic heterocycles. The van der Waals surface area contributed by atoms with Crippen LogP contribution in [0.15, 0.2) is 17.4 Å². The topological polar surface area (TPSA) is 64.1 Å². The van der Waals surface area contributed by atoms with Crippen molar-refractivity contribution in [1.82, 2.24) is 9.97 Å². The van der Waals surface area contributed by atoms with Gasteiger partial charge in [-0.15, -0.1) is 0 Å². The first-order valence-corrected chi connectivity index (χ1v) is 7.94. The number of ether oxygens (including phenoxy) is 1. The minimum atomic E-state index is -0.253. The van der Waals surface area contributed by atoms with Gasteiger partial charge in [0, 0.05) is 6.04 Å². The van der Waals surface area contributed by atoms with Crippen molar-refractivity contribution in [3.05, 3.63) is 12.4 Å². The lowest BCUT2D eigenvalue weighted by Gasteiger charge is -2.27. The quantitative estimate of drug-likeness (QED) is 0.665. The second-order valence-electron chi connectivity index (χ2n) is 5.21. The predicted molar refractivity (Wildman–Crippen MR) is 79.8 cm³/mol. The van der Waals surface area contributed by atoms with Gasteiger partial charge in [-0.05, 0) is 31.6 Å². The number of hydrogen-bond acceptors (Lipinski definition) is 6. The van der Waals surface area contributed by atoms with Crippen LogP contribution < -0.4 is 5.32 Å². The molecule has 0 amide bonds. The van der Waals surface area contributed by atoms with Crippen LogP contribution in [0.4, 0.5) is 5.82 Å². The molecule has 1 aliphatic carbocycles. The maximum Gasteiger partial charge on any atom is 0.316 e. The minimum absolute atomic E-state index is 0.253. The highest BCUT2D eigenvalue weighted by atomic mass is 32.2. The Bertz CT molecular complexity index is 448. The molecule has 1 heterocycles. The molecule has 110 valence electrons. The zero-order valence-corrected chi connectivity index (χ0v) is 12.8. The fraction of sp³-hybridized carbons (Fsp3) is 0.643. The first-order chi connectivity index (χ1) is 9.67. The maximum absolute atomic E-state index is 11.1. The van der Waals surface area contributed by atoms with E-state index in [1.54, 1.807) is 12.4 Å². The molecule has 2 rings (SSSR count). The van der Waals surface area contributed by atoms with E-state index < -0.39 is 0 Å². The average molecular weight is 295 g/mol. The molecular formula is C14H21N3O2S. The standard InChI is InChI=1S/C14H21N3O2S/c1-10-3-5-11(6-4-10)16-12-7-15-8-13(17-12)20-9-14(18)19-2/h7-8,10-11H,3-6,9H2,1-2H3,(H,16,17). The van der Waals surface area contributed by atoms with E-state index in [0.29, 0.717) is 6.04 Å². The molecule has 0 aromatic carbocycles. The molecule has 1 aliphatic rings. The monoisotopic (exact) mass is 295 g/mol. The van der Waals surface area contributed by atoms with Crippen molar-refractivity contribution in [2.75, 3.05) is 18.2 Å². The van der Waals surface area contributed by atoms with Gasteiger partial charge in [-0.1, -0.05) is 18.7 Å². The molecule has 1 N–H and O–H groups in total. The third kappa shape index (κ3) is 4.67. The summed E-state index contributed by atoms with van der Waals surface area (Å²) in [6, 6.07) is 0.487. The van der Waals surface area contributed by atoms with E-state index in [4.69, 9.17) is 0 Å². The van der Waals surface area contributed by atoms with Crippen LogP contribution in [0.3, 0.4) is 0 Å². The number of nitrogens with zero attached hydrogens (tertiary/aromatic N) is 2. The van der Waals surface area contributed by atoms with Crippen LogP contribution in [0.25, 0.3) is 0 Å². The van der Waals surface area contributed by atoms with Gasteiger partial charge in [-0.25, -0.2) is 4.98 Å². The third-order valence-corrected chi connectivity index (χ3v) is 4.42. The van der Waals surface area contributed by atoms with Gasteiger partial charge in [0.25, 0.3) is 0 Å². The van der Waals surface area contributed by atoms with Gasteiger partial charge < -0.3 is 10.1 Å². The van der Waals surface area contributed by atoms with Crippen molar-refractivity contribution >= 4 is 23.5 Å². The molecule has 0 bridgehead atoms. The fourth-order valence-electron chi connectivity index (χ4n) is 2.29. The number of rotatable bonds is 5. The molecule has 1 fully saturated rings. The number of esters is 1. The first-order valence-electron chi connectivity index (χ1n) is 6.95. The smallest absolute Gasteiger partial charge is 0.316 e. The van der Waals surface area contributed by atoms with Crippen molar-refractivity contribution in [2.45, 2.75) is 43.7 Å². The highest BCUT2D eigenvalue weighted by molar-refractivity contribution is 7.99. The van der Waals surface area contributed by atoms with Crippen LogP contribution in [-0.4, -0.2) is 34.8 Å². The molecule has 20 heavy (non-hydrogen) atoms. The van der Waals surface area contributed by atoms with Gasteiger partial charge in [-0.3, -0.25) is 9.78 Å². The number of anilines is 1. The highest BCUT2D eigenvalue weighted by Gasteiger charge is 2.18. The van der Waals surface area contributed by atoms with Gasteiger partial charge in [-0.2, -0.15) is 0 Å². The van der Waals surface area contributed by atoms with Crippen LogP contribution in [-0.2, 0) is 9.53 Å². The normalized spacial score (nSPS) is 22.3. The van der Waals surface area contributed by atoms with Crippen LogP contribution in [0.5, 0.6) is 0 Å². The molecule has 0 aliphatic heterocycles. The van der Waals surface area contributed by atoms with Crippen molar-refractivity contribution in [3.8, 4) is 0 Å². The van der Waals surface area contributed by atoms with Crippen molar-refractivity contribution < 1.29 is 9.53 Å². The lowest BCUT2D eigenvalue weighted by Crippen LogP contribution is -2.25. The third-order valence-electron chi connectivity index (χ3n) is 3.55. The number of hydrogen-bond donors (Lipinski definition) is 1. The summed E-state index contributed by atoms with van der Waals surface area (Å²) >= 11 is 1.34. The summed E-state index contributed by atoms with van der Waals surface area (Å²) in [6.07, 6.45) is 8.30. The number of aromatic nitrogens is 2. The van der Waals surface area contributed by atoms with Crippen LogP contribution in [0, 0.1) is 5.92 Å². The zero-order valence-electron chi connectivity index (χ0n) is 12.0. The van der Waals surface area contributed by atoms with E-state index in [9.17, 15) is 4.79 Å². The van der Waals surface area contributed by atoms with Crippen LogP contribution in [0.1, 0.15) is 32.6 Å². The molecule has 5 nitrogen and oxygen atoms in total.